The summed E-state index contributed by atoms with van der Waals surface area (Å²) in [6.07, 6.45) is -0.347. The molecule has 1 heterocycles. The number of amides is 1. The van der Waals surface area contributed by atoms with Crippen LogP contribution in [0.2, 0.25) is 0 Å². The molecule has 0 aliphatic carbocycles. The van der Waals surface area contributed by atoms with Crippen LogP contribution in [0.1, 0.15) is 20.8 Å². The number of ether oxygens (including phenoxy) is 2. The Bertz CT molecular complexity index is 608. The molecule has 0 unspecified atom stereocenters. The van der Waals surface area contributed by atoms with Gasteiger partial charge in [0.05, 0.1) is 16.0 Å². The average molecular weight is 387 g/mol. The highest BCUT2D eigenvalue weighted by Gasteiger charge is 2.34. The van der Waals surface area contributed by atoms with Gasteiger partial charge in [-0.05, 0) is 42.8 Å². The summed E-state index contributed by atoms with van der Waals surface area (Å²) in [5, 5.41) is 11.0. The lowest BCUT2D eigenvalue weighted by atomic mass is 10.0. The van der Waals surface area contributed by atoms with E-state index in [9.17, 15) is 14.9 Å². The van der Waals surface area contributed by atoms with Crippen molar-refractivity contribution in [1.29, 1.82) is 0 Å². The van der Waals surface area contributed by atoms with Crippen LogP contribution in [0, 0.1) is 16.0 Å². The molecule has 0 aromatic heterocycles. The number of carbonyl (C=O) groups is 1. The van der Waals surface area contributed by atoms with Gasteiger partial charge in [0, 0.05) is 25.1 Å². The van der Waals surface area contributed by atoms with Crippen molar-refractivity contribution in [3.05, 3.63) is 32.8 Å². The fourth-order valence-electron chi connectivity index (χ4n) is 2.14. The maximum absolute atomic E-state index is 11.8. The van der Waals surface area contributed by atoms with Crippen LogP contribution in [0.5, 0.6) is 5.75 Å². The summed E-state index contributed by atoms with van der Waals surface area (Å²) < 4.78 is 11.4. The van der Waals surface area contributed by atoms with E-state index in [0.29, 0.717) is 24.2 Å². The predicted molar refractivity (Wildman–Crippen MR) is 87.6 cm³/mol. The minimum atomic E-state index is -0.520. The Hall–Kier alpha value is -1.83. The van der Waals surface area contributed by atoms with Crippen molar-refractivity contribution in [2.75, 3.05) is 19.7 Å². The first-order valence-corrected chi connectivity index (χ1v) is 8.00. The van der Waals surface area contributed by atoms with Crippen LogP contribution in [-0.2, 0) is 4.74 Å². The smallest absolute Gasteiger partial charge is 0.410 e. The average Bonchev–Trinajstić information content (AvgIpc) is 2.35. The number of benzene rings is 1. The van der Waals surface area contributed by atoms with E-state index in [1.807, 2.05) is 20.8 Å². The van der Waals surface area contributed by atoms with Gasteiger partial charge in [0.1, 0.15) is 5.60 Å². The van der Waals surface area contributed by atoms with Crippen LogP contribution in [0.15, 0.2) is 22.7 Å². The summed E-state index contributed by atoms with van der Waals surface area (Å²) in [4.78, 5) is 23.9. The van der Waals surface area contributed by atoms with Crippen LogP contribution in [0.4, 0.5) is 10.5 Å². The van der Waals surface area contributed by atoms with E-state index in [1.54, 1.807) is 17.0 Å². The topological polar surface area (TPSA) is 81.9 Å². The first-order valence-electron chi connectivity index (χ1n) is 7.21. The largest absolute Gasteiger partial charge is 0.486 e. The Labute approximate surface area is 142 Å². The van der Waals surface area contributed by atoms with E-state index in [2.05, 4.69) is 15.9 Å². The highest BCUT2D eigenvalue weighted by molar-refractivity contribution is 9.10. The highest BCUT2D eigenvalue weighted by Crippen LogP contribution is 2.35. The number of halogens is 1. The van der Waals surface area contributed by atoms with Crippen LogP contribution >= 0.6 is 15.9 Å². The molecular weight excluding hydrogens is 368 g/mol. The number of nitrogens with zero attached hydrogens (tertiary/aromatic N) is 2. The third-order valence-electron chi connectivity index (χ3n) is 3.22. The van der Waals surface area contributed by atoms with Crippen molar-refractivity contribution in [3.63, 3.8) is 0 Å². The van der Waals surface area contributed by atoms with Gasteiger partial charge in [-0.3, -0.25) is 10.1 Å². The lowest BCUT2D eigenvalue weighted by Crippen LogP contribution is -2.53. The molecule has 0 spiro atoms. The van der Waals surface area contributed by atoms with Gasteiger partial charge in [0.15, 0.2) is 0 Å². The van der Waals surface area contributed by atoms with E-state index in [4.69, 9.17) is 9.47 Å². The van der Waals surface area contributed by atoms with Gasteiger partial charge in [0.2, 0.25) is 5.75 Å². The number of para-hydroxylation sites is 1. The SMILES string of the molecule is CC(C)(C)OC(=O)N1CC(COc2c(Br)cccc2[N+](=O)[O-])C1. The van der Waals surface area contributed by atoms with Crippen molar-refractivity contribution in [3.8, 4) is 5.75 Å². The molecule has 1 aromatic carbocycles. The molecule has 126 valence electrons. The summed E-state index contributed by atoms with van der Waals surface area (Å²) in [5.41, 5.74) is -0.600. The molecule has 0 bridgehead atoms. The maximum Gasteiger partial charge on any atom is 0.410 e. The van der Waals surface area contributed by atoms with Crippen LogP contribution < -0.4 is 4.74 Å². The molecule has 8 heteroatoms. The van der Waals surface area contributed by atoms with Crippen molar-refractivity contribution >= 4 is 27.7 Å². The van der Waals surface area contributed by atoms with E-state index in [-0.39, 0.29) is 23.4 Å². The Balaban J connectivity index is 1.86. The molecule has 1 aromatic rings. The molecule has 2 rings (SSSR count). The quantitative estimate of drug-likeness (QED) is 0.582. The number of nitro benzene ring substituents is 1. The second-order valence-corrected chi connectivity index (χ2v) is 7.26. The van der Waals surface area contributed by atoms with Crippen LogP contribution in [-0.4, -0.2) is 41.2 Å². The molecule has 0 N–H and O–H groups in total. The van der Waals surface area contributed by atoms with Crippen molar-refractivity contribution < 1.29 is 19.2 Å². The van der Waals surface area contributed by atoms with Crippen molar-refractivity contribution in [2.45, 2.75) is 26.4 Å². The standard InChI is InChI=1S/C15H19BrN2O5/c1-15(2,3)23-14(19)17-7-10(8-17)9-22-13-11(16)5-4-6-12(13)18(20)21/h4-6,10H,7-9H2,1-3H3. The zero-order valence-electron chi connectivity index (χ0n) is 13.2. The summed E-state index contributed by atoms with van der Waals surface area (Å²) >= 11 is 3.26. The maximum atomic E-state index is 11.8. The summed E-state index contributed by atoms with van der Waals surface area (Å²) in [6, 6.07) is 4.67. The molecular formula is C15H19BrN2O5. The Morgan fingerprint density at radius 3 is 2.65 bits per heavy atom. The van der Waals surface area contributed by atoms with E-state index in [1.165, 1.54) is 6.07 Å². The molecule has 1 saturated heterocycles. The van der Waals surface area contributed by atoms with Gasteiger partial charge < -0.3 is 14.4 Å². The fraction of sp³-hybridized carbons (Fsp3) is 0.533. The molecule has 1 amide bonds. The molecule has 0 saturated carbocycles. The number of carbonyl (C=O) groups excluding carboxylic acids is 1. The molecule has 1 fully saturated rings. The number of hydrogen-bond donors (Lipinski definition) is 0. The van der Waals surface area contributed by atoms with E-state index >= 15 is 0 Å². The first-order chi connectivity index (χ1) is 10.7. The molecule has 0 atom stereocenters. The Morgan fingerprint density at radius 2 is 2.09 bits per heavy atom. The number of rotatable bonds is 4. The van der Waals surface area contributed by atoms with Gasteiger partial charge in [-0.25, -0.2) is 4.79 Å². The van der Waals surface area contributed by atoms with Gasteiger partial charge in [-0.15, -0.1) is 0 Å². The normalized spacial score (nSPS) is 15.0. The molecule has 7 nitrogen and oxygen atoms in total. The predicted octanol–water partition coefficient (Wildman–Crippen LogP) is 3.60. The third-order valence-corrected chi connectivity index (χ3v) is 3.84. The van der Waals surface area contributed by atoms with Gasteiger partial charge >= 0.3 is 11.8 Å². The second kappa shape index (κ2) is 6.74. The summed E-state index contributed by atoms with van der Waals surface area (Å²) in [5.74, 6) is 0.349. The molecule has 1 aliphatic heterocycles. The van der Waals surface area contributed by atoms with Crippen LogP contribution in [0.3, 0.4) is 0 Å². The zero-order chi connectivity index (χ0) is 17.2. The minimum absolute atomic E-state index is 0.0808. The third kappa shape index (κ3) is 4.57. The minimum Gasteiger partial charge on any atom is -0.486 e. The van der Waals surface area contributed by atoms with Crippen molar-refractivity contribution in [2.24, 2.45) is 5.92 Å². The monoisotopic (exact) mass is 386 g/mol. The lowest BCUT2D eigenvalue weighted by Gasteiger charge is -2.39. The fourth-order valence-corrected chi connectivity index (χ4v) is 2.61. The summed E-state index contributed by atoms with van der Waals surface area (Å²) in [6.45, 7) is 6.80. The van der Waals surface area contributed by atoms with E-state index in [0.717, 1.165) is 0 Å². The van der Waals surface area contributed by atoms with E-state index < -0.39 is 10.5 Å². The molecule has 0 radical (unpaired) electrons. The number of likely N-dealkylation sites (tertiary alicyclic amines) is 1. The second-order valence-electron chi connectivity index (χ2n) is 6.41. The van der Waals surface area contributed by atoms with Crippen LogP contribution in [0.25, 0.3) is 0 Å². The zero-order valence-corrected chi connectivity index (χ0v) is 14.8. The van der Waals surface area contributed by atoms with Gasteiger partial charge in [-0.2, -0.15) is 0 Å². The summed E-state index contributed by atoms with van der Waals surface area (Å²) in [7, 11) is 0. The van der Waals surface area contributed by atoms with Gasteiger partial charge in [-0.1, -0.05) is 6.07 Å². The van der Waals surface area contributed by atoms with Gasteiger partial charge in [0.25, 0.3) is 0 Å². The number of hydrogen-bond acceptors (Lipinski definition) is 5. The highest BCUT2D eigenvalue weighted by atomic mass is 79.9. The Kier molecular flexibility index (Phi) is 5.13. The lowest BCUT2D eigenvalue weighted by molar-refractivity contribution is -0.386. The molecule has 1 aliphatic rings. The first kappa shape index (κ1) is 17.5. The molecule has 23 heavy (non-hydrogen) atoms. The van der Waals surface area contributed by atoms with Crippen molar-refractivity contribution in [1.82, 2.24) is 4.90 Å². The Morgan fingerprint density at radius 1 is 1.43 bits per heavy atom. The number of nitro groups is 1.